The van der Waals surface area contributed by atoms with E-state index >= 15 is 0 Å². The van der Waals surface area contributed by atoms with Crippen LogP contribution in [-0.4, -0.2) is 17.0 Å². The zero-order valence-corrected chi connectivity index (χ0v) is 13.1. The van der Waals surface area contributed by atoms with Crippen LogP contribution in [0.5, 0.6) is 17.2 Å². The highest BCUT2D eigenvalue weighted by atomic mass is 16.5. The molecule has 0 saturated heterocycles. The summed E-state index contributed by atoms with van der Waals surface area (Å²) in [7, 11) is 0. The van der Waals surface area contributed by atoms with Crippen LogP contribution in [0.3, 0.4) is 0 Å². The van der Waals surface area contributed by atoms with Crippen molar-refractivity contribution in [2.75, 3.05) is 0 Å². The molecule has 0 aromatic heterocycles. The van der Waals surface area contributed by atoms with Gasteiger partial charge in [0.15, 0.2) is 0 Å². The molecule has 0 heterocycles. The Morgan fingerprint density at radius 3 is 1.76 bits per heavy atom. The van der Waals surface area contributed by atoms with Gasteiger partial charge in [0.25, 0.3) is 0 Å². The molecule has 0 bridgehead atoms. The average molecular weight is 334 g/mol. The molecule has 25 heavy (non-hydrogen) atoms. The molecule has 0 aliphatic rings. The Bertz CT molecular complexity index is 888. The summed E-state index contributed by atoms with van der Waals surface area (Å²) in [6.45, 7) is 0. The van der Waals surface area contributed by atoms with Gasteiger partial charge >= 0.3 is 11.9 Å². The molecular formula is C20H14O5. The van der Waals surface area contributed by atoms with E-state index in [1.165, 1.54) is 18.2 Å². The highest BCUT2D eigenvalue weighted by Gasteiger charge is 2.18. The number of carbonyl (C=O) groups excluding carboxylic acids is 2. The van der Waals surface area contributed by atoms with Gasteiger partial charge < -0.3 is 14.6 Å². The van der Waals surface area contributed by atoms with Crippen LogP contribution in [0.1, 0.15) is 20.7 Å². The summed E-state index contributed by atoms with van der Waals surface area (Å²) in [6.07, 6.45) is 0. The first-order chi connectivity index (χ1) is 12.1. The Morgan fingerprint density at radius 2 is 1.20 bits per heavy atom. The molecule has 0 fully saturated rings. The Morgan fingerprint density at radius 1 is 0.680 bits per heavy atom. The van der Waals surface area contributed by atoms with Crippen molar-refractivity contribution >= 4 is 11.9 Å². The van der Waals surface area contributed by atoms with Crippen LogP contribution in [0.2, 0.25) is 0 Å². The van der Waals surface area contributed by atoms with Gasteiger partial charge in [-0.05, 0) is 42.5 Å². The minimum atomic E-state index is -0.766. The second kappa shape index (κ2) is 7.31. The van der Waals surface area contributed by atoms with Gasteiger partial charge in [0.05, 0.1) is 5.56 Å². The molecule has 0 saturated carbocycles. The maximum absolute atomic E-state index is 12.2. The molecule has 5 heteroatoms. The first kappa shape index (κ1) is 16.3. The van der Waals surface area contributed by atoms with Gasteiger partial charge in [0, 0.05) is 0 Å². The Balaban J connectivity index is 1.80. The zero-order chi connectivity index (χ0) is 17.6. The normalized spacial score (nSPS) is 10.1. The minimum Gasteiger partial charge on any atom is -0.507 e. The molecule has 1 N–H and O–H groups in total. The molecule has 124 valence electrons. The van der Waals surface area contributed by atoms with Gasteiger partial charge in [-0.15, -0.1) is 0 Å². The minimum absolute atomic E-state index is 0.119. The SMILES string of the molecule is O=C(Oc1ccccc1)c1ccc(O)c(C(=O)Oc2ccccc2)c1. The van der Waals surface area contributed by atoms with Gasteiger partial charge in [-0.1, -0.05) is 36.4 Å². The second-order valence-corrected chi connectivity index (χ2v) is 5.14. The first-order valence-corrected chi connectivity index (χ1v) is 7.51. The number of hydrogen-bond donors (Lipinski definition) is 1. The van der Waals surface area contributed by atoms with E-state index in [-0.39, 0.29) is 16.9 Å². The van der Waals surface area contributed by atoms with Crippen molar-refractivity contribution in [1.82, 2.24) is 0 Å². The van der Waals surface area contributed by atoms with E-state index in [4.69, 9.17) is 9.47 Å². The van der Waals surface area contributed by atoms with E-state index in [1.54, 1.807) is 60.7 Å². The molecule has 0 aliphatic heterocycles. The van der Waals surface area contributed by atoms with Gasteiger partial charge in [0.1, 0.15) is 22.8 Å². The van der Waals surface area contributed by atoms with Crippen molar-refractivity contribution in [3.63, 3.8) is 0 Å². The lowest BCUT2D eigenvalue weighted by Gasteiger charge is -2.08. The number of carbonyl (C=O) groups is 2. The van der Waals surface area contributed by atoms with Crippen LogP contribution in [0.25, 0.3) is 0 Å². The highest BCUT2D eigenvalue weighted by Crippen LogP contribution is 2.22. The van der Waals surface area contributed by atoms with Gasteiger partial charge in [0.2, 0.25) is 0 Å². The number of phenolic OH excluding ortho intramolecular Hbond substituents is 1. The molecule has 0 aliphatic carbocycles. The smallest absolute Gasteiger partial charge is 0.347 e. The van der Waals surface area contributed by atoms with Crippen molar-refractivity contribution in [3.05, 3.63) is 90.0 Å². The number of aromatic hydroxyl groups is 1. The average Bonchev–Trinajstić information content (AvgIpc) is 2.63. The fourth-order valence-electron chi connectivity index (χ4n) is 2.13. The Hall–Kier alpha value is -3.60. The van der Waals surface area contributed by atoms with Crippen LogP contribution in [0.15, 0.2) is 78.9 Å². The quantitative estimate of drug-likeness (QED) is 0.580. The fourth-order valence-corrected chi connectivity index (χ4v) is 2.13. The van der Waals surface area contributed by atoms with Crippen molar-refractivity contribution in [3.8, 4) is 17.2 Å². The van der Waals surface area contributed by atoms with E-state index in [2.05, 4.69) is 0 Å². The van der Waals surface area contributed by atoms with Crippen LogP contribution in [0.4, 0.5) is 0 Å². The lowest BCUT2D eigenvalue weighted by Crippen LogP contribution is -2.12. The van der Waals surface area contributed by atoms with Crippen LogP contribution in [0, 0.1) is 0 Å². The fraction of sp³-hybridized carbons (Fsp3) is 0. The van der Waals surface area contributed by atoms with Crippen molar-refractivity contribution in [2.24, 2.45) is 0 Å². The van der Waals surface area contributed by atoms with Crippen molar-refractivity contribution < 1.29 is 24.2 Å². The summed E-state index contributed by atoms with van der Waals surface area (Å²) in [5.41, 5.74) is 0.00743. The molecule has 5 nitrogen and oxygen atoms in total. The predicted molar refractivity (Wildman–Crippen MR) is 90.9 cm³/mol. The molecule has 0 amide bonds. The van der Waals surface area contributed by atoms with Crippen LogP contribution < -0.4 is 9.47 Å². The van der Waals surface area contributed by atoms with Gasteiger partial charge in [-0.25, -0.2) is 9.59 Å². The molecule has 0 atom stereocenters. The van der Waals surface area contributed by atoms with Gasteiger partial charge in [-0.2, -0.15) is 0 Å². The number of benzene rings is 3. The maximum Gasteiger partial charge on any atom is 0.347 e. The summed E-state index contributed by atoms with van der Waals surface area (Å²) in [5, 5.41) is 9.90. The molecular weight excluding hydrogens is 320 g/mol. The molecule has 0 unspecified atom stereocenters. The van der Waals surface area contributed by atoms with Crippen LogP contribution in [-0.2, 0) is 0 Å². The number of para-hydroxylation sites is 2. The monoisotopic (exact) mass is 334 g/mol. The third-order valence-corrected chi connectivity index (χ3v) is 3.36. The van der Waals surface area contributed by atoms with Crippen molar-refractivity contribution in [2.45, 2.75) is 0 Å². The van der Waals surface area contributed by atoms with E-state index in [1.807, 2.05) is 0 Å². The third kappa shape index (κ3) is 4.03. The summed E-state index contributed by atoms with van der Waals surface area (Å²) in [5.74, 6) is -0.964. The Labute approximate surface area is 144 Å². The number of hydrogen-bond acceptors (Lipinski definition) is 5. The number of esters is 2. The summed E-state index contributed by atoms with van der Waals surface area (Å²) < 4.78 is 10.4. The molecule has 3 aromatic rings. The molecule has 0 spiro atoms. The second-order valence-electron chi connectivity index (χ2n) is 5.14. The van der Waals surface area contributed by atoms with E-state index in [9.17, 15) is 14.7 Å². The van der Waals surface area contributed by atoms with E-state index < -0.39 is 11.9 Å². The first-order valence-electron chi connectivity index (χ1n) is 7.51. The van der Waals surface area contributed by atoms with Crippen molar-refractivity contribution in [1.29, 1.82) is 0 Å². The topological polar surface area (TPSA) is 72.8 Å². The van der Waals surface area contributed by atoms with E-state index in [0.717, 1.165) is 0 Å². The number of rotatable bonds is 4. The number of phenols is 1. The highest BCUT2D eigenvalue weighted by molar-refractivity contribution is 5.98. The third-order valence-electron chi connectivity index (χ3n) is 3.36. The summed E-state index contributed by atoms with van der Waals surface area (Å²) >= 11 is 0. The lowest BCUT2D eigenvalue weighted by atomic mass is 10.1. The number of ether oxygens (including phenoxy) is 2. The Kier molecular flexibility index (Phi) is 4.76. The lowest BCUT2D eigenvalue weighted by molar-refractivity contribution is 0.0731. The molecule has 3 rings (SSSR count). The molecule has 3 aromatic carbocycles. The summed E-state index contributed by atoms with van der Waals surface area (Å²) in [4.78, 5) is 24.4. The van der Waals surface area contributed by atoms with Crippen LogP contribution >= 0.6 is 0 Å². The van der Waals surface area contributed by atoms with E-state index in [0.29, 0.717) is 11.5 Å². The predicted octanol–water partition coefficient (Wildman–Crippen LogP) is 3.83. The standard InChI is InChI=1S/C20H14O5/c21-18-12-11-14(19(22)24-15-7-3-1-4-8-15)13-17(18)20(23)25-16-9-5-2-6-10-16/h1-13,21H. The zero-order valence-electron chi connectivity index (χ0n) is 13.1. The maximum atomic E-state index is 12.2. The molecule has 0 radical (unpaired) electrons. The summed E-state index contributed by atoms with van der Waals surface area (Å²) in [6, 6.07) is 20.9. The largest absolute Gasteiger partial charge is 0.507 e. The van der Waals surface area contributed by atoms with Gasteiger partial charge in [-0.3, -0.25) is 0 Å².